The van der Waals surface area contributed by atoms with Crippen molar-refractivity contribution in [1.29, 1.82) is 0 Å². The summed E-state index contributed by atoms with van der Waals surface area (Å²) in [6, 6.07) is 17.6. The van der Waals surface area contributed by atoms with Gasteiger partial charge in [0.05, 0.1) is 4.47 Å². The Labute approximate surface area is 147 Å². The molecule has 0 aromatic heterocycles. The number of fused-ring (bicyclic) bond motifs is 1. The van der Waals surface area contributed by atoms with Crippen molar-refractivity contribution in [1.82, 2.24) is 4.67 Å². The van der Waals surface area contributed by atoms with Crippen LogP contribution in [0.15, 0.2) is 53.0 Å². The lowest BCUT2D eigenvalue weighted by atomic mass is 10.2. The third-order valence-corrected chi connectivity index (χ3v) is 7.23. The Morgan fingerprint density at radius 1 is 1.17 bits per heavy atom. The molecule has 5 heteroatoms. The van der Waals surface area contributed by atoms with Gasteiger partial charge in [-0.15, -0.1) is 0 Å². The maximum absolute atomic E-state index is 6.51. The van der Waals surface area contributed by atoms with Crippen LogP contribution in [-0.4, -0.2) is 23.8 Å². The predicted molar refractivity (Wildman–Crippen MR) is 99.9 cm³/mol. The van der Waals surface area contributed by atoms with Crippen LogP contribution >= 0.6 is 24.4 Å². The third-order valence-electron chi connectivity index (χ3n) is 4.48. The van der Waals surface area contributed by atoms with Crippen molar-refractivity contribution < 1.29 is 4.52 Å². The topological polar surface area (TPSA) is 15.7 Å². The number of benzene rings is 2. The van der Waals surface area contributed by atoms with Crippen molar-refractivity contribution in [2.24, 2.45) is 0 Å². The van der Waals surface area contributed by atoms with Crippen molar-refractivity contribution in [3.8, 4) is 5.75 Å². The summed E-state index contributed by atoms with van der Waals surface area (Å²) in [5, 5.41) is 0. The molecule has 4 rings (SSSR count). The Morgan fingerprint density at radius 2 is 2.00 bits per heavy atom. The fourth-order valence-corrected chi connectivity index (χ4v) is 6.27. The average molecular weight is 391 g/mol. The quantitative estimate of drug-likeness (QED) is 0.657. The predicted octanol–water partition coefficient (Wildman–Crippen LogP) is 5.35. The maximum atomic E-state index is 6.51. The number of halogens is 1. The Hall–Kier alpha value is -1.09. The number of aryl methyl sites for hydroxylation is 1. The molecule has 0 spiro atoms. The number of hydrogen-bond acceptors (Lipinski definition) is 3. The van der Waals surface area contributed by atoms with Gasteiger partial charge in [-0.3, -0.25) is 0 Å². The van der Waals surface area contributed by atoms with Crippen LogP contribution in [0.3, 0.4) is 0 Å². The molecule has 23 heavy (non-hydrogen) atoms. The van der Waals surface area contributed by atoms with E-state index in [0.29, 0.717) is 6.04 Å². The molecular weight excluding hydrogens is 371 g/mol. The van der Waals surface area contributed by atoms with E-state index < -0.39 is 8.45 Å². The SMILES string of the molecule is Cc1ccc(O[P@]2N(c3ccccc3)C[C@@H]3CCCN32)c(Br)c1. The summed E-state index contributed by atoms with van der Waals surface area (Å²) < 4.78 is 12.6. The van der Waals surface area contributed by atoms with Crippen LogP contribution in [0.5, 0.6) is 5.75 Å². The lowest BCUT2D eigenvalue weighted by Crippen LogP contribution is -2.20. The highest BCUT2D eigenvalue weighted by Gasteiger charge is 2.45. The van der Waals surface area contributed by atoms with E-state index >= 15 is 0 Å². The first-order valence-electron chi connectivity index (χ1n) is 8.06. The normalized spacial score (nSPS) is 24.0. The summed E-state index contributed by atoms with van der Waals surface area (Å²) in [4.78, 5) is 0. The molecule has 2 aromatic rings. The standard InChI is InChI=1S/C18H20BrN2OP/c1-14-9-10-18(17(19)12-14)22-23-20-11-5-8-16(20)13-21(23)15-6-3-2-4-7-15/h2-4,6-7,9-10,12,16H,5,8,11,13H2,1H3/t16-,23-/m0/s1. The molecule has 0 amide bonds. The van der Waals surface area contributed by atoms with Crippen molar-refractivity contribution in [3.63, 3.8) is 0 Å². The summed E-state index contributed by atoms with van der Waals surface area (Å²) in [7, 11) is -0.791. The molecule has 2 aliphatic heterocycles. The second kappa shape index (κ2) is 6.43. The summed E-state index contributed by atoms with van der Waals surface area (Å²) in [6.45, 7) is 4.31. The van der Waals surface area contributed by atoms with Gasteiger partial charge in [0.2, 0.25) is 0 Å². The lowest BCUT2D eigenvalue weighted by molar-refractivity contribution is 0.431. The molecule has 2 aromatic carbocycles. The molecule has 0 N–H and O–H groups in total. The first kappa shape index (κ1) is 15.4. The molecule has 120 valence electrons. The maximum Gasteiger partial charge on any atom is 0.279 e. The zero-order valence-electron chi connectivity index (χ0n) is 13.2. The summed E-state index contributed by atoms with van der Waals surface area (Å²) in [5.41, 5.74) is 2.50. The van der Waals surface area contributed by atoms with Crippen molar-refractivity contribution in [2.75, 3.05) is 17.8 Å². The zero-order valence-corrected chi connectivity index (χ0v) is 15.6. The Morgan fingerprint density at radius 3 is 2.78 bits per heavy atom. The van der Waals surface area contributed by atoms with E-state index in [-0.39, 0.29) is 0 Å². The summed E-state index contributed by atoms with van der Waals surface area (Å²) >= 11 is 3.65. The minimum Gasteiger partial charge on any atom is -0.439 e. The van der Waals surface area contributed by atoms with Crippen molar-refractivity contribution in [3.05, 3.63) is 58.6 Å². The first-order chi connectivity index (χ1) is 11.2. The van der Waals surface area contributed by atoms with E-state index in [1.165, 1.54) is 24.1 Å². The number of anilines is 1. The van der Waals surface area contributed by atoms with Crippen LogP contribution in [0.4, 0.5) is 5.69 Å². The van der Waals surface area contributed by atoms with Crippen LogP contribution in [0.1, 0.15) is 18.4 Å². The smallest absolute Gasteiger partial charge is 0.279 e. The first-order valence-corrected chi connectivity index (χ1v) is 10.0. The van der Waals surface area contributed by atoms with Gasteiger partial charge in [0.15, 0.2) is 0 Å². The highest BCUT2D eigenvalue weighted by atomic mass is 79.9. The largest absolute Gasteiger partial charge is 0.439 e. The van der Waals surface area contributed by atoms with Gasteiger partial charge in [0, 0.05) is 24.8 Å². The fourth-order valence-electron chi connectivity index (χ4n) is 3.31. The number of rotatable bonds is 3. The Bertz CT molecular complexity index is 697. The van der Waals surface area contributed by atoms with E-state index in [2.05, 4.69) is 80.7 Å². The highest BCUT2D eigenvalue weighted by molar-refractivity contribution is 9.10. The van der Waals surface area contributed by atoms with Gasteiger partial charge in [-0.2, -0.15) is 0 Å². The number of hydrogen-bond donors (Lipinski definition) is 0. The lowest BCUT2D eigenvalue weighted by Gasteiger charge is -2.29. The van der Waals surface area contributed by atoms with Crippen LogP contribution < -0.4 is 9.19 Å². The molecule has 0 saturated carbocycles. The third kappa shape index (κ3) is 3.00. The molecular formula is C18H20BrN2OP. The molecule has 0 unspecified atom stereocenters. The molecule has 2 aliphatic rings. The second-order valence-electron chi connectivity index (χ2n) is 6.15. The molecule has 3 nitrogen and oxygen atoms in total. The van der Waals surface area contributed by atoms with Crippen LogP contribution in [-0.2, 0) is 0 Å². The van der Waals surface area contributed by atoms with E-state index in [0.717, 1.165) is 23.3 Å². The number of para-hydroxylation sites is 1. The van der Waals surface area contributed by atoms with E-state index in [9.17, 15) is 0 Å². The molecule has 2 saturated heterocycles. The molecule has 0 radical (unpaired) electrons. The van der Waals surface area contributed by atoms with Gasteiger partial charge >= 0.3 is 0 Å². The van der Waals surface area contributed by atoms with Crippen molar-refractivity contribution >= 4 is 30.1 Å². The molecule has 0 aliphatic carbocycles. The van der Waals surface area contributed by atoms with Crippen LogP contribution in [0, 0.1) is 6.92 Å². The monoisotopic (exact) mass is 390 g/mol. The summed E-state index contributed by atoms with van der Waals surface area (Å²) in [6.07, 6.45) is 2.56. The van der Waals surface area contributed by atoms with Gasteiger partial charge in [-0.05, 0) is 65.5 Å². The van der Waals surface area contributed by atoms with Gasteiger partial charge in [-0.25, -0.2) is 4.67 Å². The van der Waals surface area contributed by atoms with Crippen LogP contribution in [0.25, 0.3) is 0 Å². The average Bonchev–Trinajstić information content (AvgIpc) is 3.13. The van der Waals surface area contributed by atoms with E-state index in [4.69, 9.17) is 4.52 Å². The van der Waals surface area contributed by atoms with Gasteiger partial charge < -0.3 is 9.19 Å². The fraction of sp³-hybridized carbons (Fsp3) is 0.333. The minimum atomic E-state index is -0.791. The number of nitrogens with zero attached hydrogens (tertiary/aromatic N) is 2. The highest BCUT2D eigenvalue weighted by Crippen LogP contribution is 2.57. The van der Waals surface area contributed by atoms with E-state index in [1.54, 1.807) is 0 Å². The second-order valence-corrected chi connectivity index (χ2v) is 8.69. The molecule has 2 heterocycles. The molecule has 2 atom stereocenters. The van der Waals surface area contributed by atoms with Crippen LogP contribution in [0.2, 0.25) is 0 Å². The van der Waals surface area contributed by atoms with E-state index in [1.807, 2.05) is 0 Å². The van der Waals surface area contributed by atoms with Crippen molar-refractivity contribution in [2.45, 2.75) is 25.8 Å². The molecule has 2 fully saturated rings. The molecule has 0 bridgehead atoms. The van der Waals surface area contributed by atoms with Gasteiger partial charge in [0.1, 0.15) is 5.75 Å². The Balaban J connectivity index is 1.64. The summed E-state index contributed by atoms with van der Waals surface area (Å²) in [5.74, 6) is 0.940. The van der Waals surface area contributed by atoms with Gasteiger partial charge in [-0.1, -0.05) is 24.3 Å². The minimum absolute atomic E-state index is 0.630. The Kier molecular flexibility index (Phi) is 4.31. The van der Waals surface area contributed by atoms with Gasteiger partial charge in [0.25, 0.3) is 8.45 Å². The zero-order chi connectivity index (χ0) is 15.8.